The van der Waals surface area contributed by atoms with Crippen molar-refractivity contribution in [3.63, 3.8) is 0 Å². The van der Waals surface area contributed by atoms with E-state index >= 15 is 0 Å². The van der Waals surface area contributed by atoms with Crippen molar-refractivity contribution in [2.75, 3.05) is 19.8 Å². The predicted octanol–water partition coefficient (Wildman–Crippen LogP) is 3.01. The molecule has 2 aliphatic heterocycles. The van der Waals surface area contributed by atoms with Crippen molar-refractivity contribution in [3.05, 3.63) is 23.8 Å². The second kappa shape index (κ2) is 6.17. The molecule has 0 unspecified atom stereocenters. The molecule has 2 aliphatic rings. The normalized spacial score (nSPS) is 23.1. The van der Waals surface area contributed by atoms with Gasteiger partial charge in [-0.25, -0.2) is 4.98 Å². The maximum absolute atomic E-state index is 12.7. The zero-order valence-corrected chi connectivity index (χ0v) is 14.0. The molecule has 0 spiro atoms. The average Bonchev–Trinajstić information content (AvgIpc) is 3.12. The van der Waals surface area contributed by atoms with Gasteiger partial charge in [-0.1, -0.05) is 17.8 Å². The molecule has 0 aliphatic carbocycles. The Morgan fingerprint density at radius 3 is 2.91 bits per heavy atom. The van der Waals surface area contributed by atoms with E-state index in [0.717, 1.165) is 55.7 Å². The lowest BCUT2D eigenvalue weighted by Gasteiger charge is -2.31. The molecule has 0 bridgehead atoms. The number of likely N-dealkylation sites (tertiary alicyclic amines) is 1. The Bertz CT molecular complexity index is 724. The third-order valence-corrected chi connectivity index (χ3v) is 5.69. The van der Waals surface area contributed by atoms with E-state index in [1.165, 1.54) is 11.8 Å². The Labute approximate surface area is 139 Å². The van der Waals surface area contributed by atoms with Crippen LogP contribution in [0.5, 0.6) is 0 Å². The maximum atomic E-state index is 12.7. The summed E-state index contributed by atoms with van der Waals surface area (Å²) < 4.78 is 11.2. The van der Waals surface area contributed by atoms with Crippen LogP contribution in [0.1, 0.15) is 24.8 Å². The monoisotopic (exact) mass is 332 g/mol. The van der Waals surface area contributed by atoms with Gasteiger partial charge in [0, 0.05) is 25.8 Å². The van der Waals surface area contributed by atoms with E-state index in [2.05, 4.69) is 4.98 Å². The van der Waals surface area contributed by atoms with E-state index in [4.69, 9.17) is 9.15 Å². The minimum Gasteiger partial charge on any atom is -0.431 e. The maximum Gasteiger partial charge on any atom is 0.257 e. The van der Waals surface area contributed by atoms with Gasteiger partial charge < -0.3 is 14.1 Å². The van der Waals surface area contributed by atoms with Crippen LogP contribution in [0.25, 0.3) is 11.1 Å². The quantitative estimate of drug-likeness (QED) is 0.865. The molecule has 2 fully saturated rings. The van der Waals surface area contributed by atoms with Crippen molar-refractivity contribution < 1.29 is 13.9 Å². The van der Waals surface area contributed by atoms with E-state index in [0.29, 0.717) is 11.3 Å². The van der Waals surface area contributed by atoms with Crippen LogP contribution in [0, 0.1) is 6.92 Å². The highest BCUT2D eigenvalue weighted by atomic mass is 32.2. The van der Waals surface area contributed by atoms with Crippen LogP contribution in [-0.4, -0.2) is 46.8 Å². The number of oxazole rings is 1. The third kappa shape index (κ3) is 2.97. The minimum absolute atomic E-state index is 0.0768. The van der Waals surface area contributed by atoms with E-state index in [1.54, 1.807) is 0 Å². The van der Waals surface area contributed by atoms with Gasteiger partial charge in [-0.2, -0.15) is 0 Å². The van der Waals surface area contributed by atoms with E-state index in [1.807, 2.05) is 30.0 Å². The first-order valence-electron chi connectivity index (χ1n) is 8.13. The number of hydrogen-bond acceptors (Lipinski definition) is 5. The molecule has 1 aromatic carbocycles. The van der Waals surface area contributed by atoms with Crippen LogP contribution in [0.15, 0.2) is 27.8 Å². The van der Waals surface area contributed by atoms with Crippen LogP contribution >= 0.6 is 11.8 Å². The molecule has 4 rings (SSSR count). The highest BCUT2D eigenvalue weighted by Crippen LogP contribution is 2.34. The summed E-state index contributed by atoms with van der Waals surface area (Å²) >= 11 is 1.46. The summed E-state index contributed by atoms with van der Waals surface area (Å²) in [4.78, 5) is 19.2. The first kappa shape index (κ1) is 15.0. The fourth-order valence-electron chi connectivity index (χ4n) is 3.33. The zero-order valence-electron chi connectivity index (χ0n) is 13.2. The Balaban J connectivity index is 1.46. The molecule has 6 heteroatoms. The minimum atomic E-state index is -0.0768. The molecule has 0 saturated carbocycles. The largest absolute Gasteiger partial charge is 0.431 e. The molecule has 2 aromatic rings. The molecule has 2 saturated heterocycles. The Hall–Kier alpha value is -1.53. The van der Waals surface area contributed by atoms with E-state index < -0.39 is 0 Å². The Kier molecular flexibility index (Phi) is 4.03. The molecule has 0 radical (unpaired) electrons. The summed E-state index contributed by atoms with van der Waals surface area (Å²) in [5.41, 5.74) is 2.80. The fraction of sp³-hybridized carbons (Fsp3) is 0.529. The smallest absolute Gasteiger partial charge is 0.257 e. The summed E-state index contributed by atoms with van der Waals surface area (Å²) in [6.07, 6.45) is 2.76. The van der Waals surface area contributed by atoms with Crippen LogP contribution in [0.2, 0.25) is 0 Å². The third-order valence-electron chi connectivity index (χ3n) is 4.59. The number of ether oxygens (including phenoxy) is 1. The zero-order chi connectivity index (χ0) is 15.8. The van der Waals surface area contributed by atoms with Gasteiger partial charge in [0.15, 0.2) is 5.58 Å². The second-order valence-corrected chi connectivity index (χ2v) is 7.38. The van der Waals surface area contributed by atoms with Crippen molar-refractivity contribution in [2.45, 2.75) is 42.7 Å². The van der Waals surface area contributed by atoms with Crippen molar-refractivity contribution in [1.29, 1.82) is 0 Å². The van der Waals surface area contributed by atoms with Crippen molar-refractivity contribution >= 4 is 28.8 Å². The van der Waals surface area contributed by atoms with Gasteiger partial charge in [0.1, 0.15) is 5.52 Å². The van der Waals surface area contributed by atoms with Crippen molar-refractivity contribution in [3.8, 4) is 0 Å². The summed E-state index contributed by atoms with van der Waals surface area (Å²) in [6.45, 7) is 4.39. The lowest BCUT2D eigenvalue weighted by atomic mass is 10.1. The summed E-state index contributed by atoms with van der Waals surface area (Å²) in [7, 11) is 0. The number of thioether (sulfide) groups is 1. The average molecular weight is 332 g/mol. The lowest BCUT2D eigenvalue weighted by molar-refractivity contribution is -0.130. The first-order valence-corrected chi connectivity index (χ1v) is 9.01. The second-order valence-electron chi connectivity index (χ2n) is 6.22. The number of aryl methyl sites for hydroxylation is 1. The predicted molar refractivity (Wildman–Crippen MR) is 88.6 cm³/mol. The van der Waals surface area contributed by atoms with E-state index in [9.17, 15) is 4.79 Å². The van der Waals surface area contributed by atoms with Crippen LogP contribution in [0.3, 0.4) is 0 Å². The highest BCUT2D eigenvalue weighted by Gasteiger charge is 2.37. The Morgan fingerprint density at radius 2 is 2.09 bits per heavy atom. The number of aromatic nitrogens is 1. The van der Waals surface area contributed by atoms with Gasteiger partial charge in [0.05, 0.1) is 5.25 Å². The molecular formula is C17H20N2O3S. The van der Waals surface area contributed by atoms with Crippen LogP contribution in [0.4, 0.5) is 0 Å². The molecular weight excluding hydrogens is 312 g/mol. The van der Waals surface area contributed by atoms with Gasteiger partial charge in [-0.3, -0.25) is 4.79 Å². The van der Waals surface area contributed by atoms with Gasteiger partial charge in [-0.05, 0) is 43.9 Å². The number of rotatable bonds is 3. The highest BCUT2D eigenvalue weighted by molar-refractivity contribution is 8.00. The van der Waals surface area contributed by atoms with Crippen LogP contribution < -0.4 is 0 Å². The number of carbonyl (C=O) groups excluding carboxylic acids is 1. The molecule has 1 aromatic heterocycles. The molecule has 0 N–H and O–H groups in total. The molecule has 23 heavy (non-hydrogen) atoms. The van der Waals surface area contributed by atoms with Gasteiger partial charge >= 0.3 is 0 Å². The fourth-order valence-corrected chi connectivity index (χ4v) is 4.32. The Morgan fingerprint density at radius 1 is 1.26 bits per heavy atom. The first-order chi connectivity index (χ1) is 11.2. The summed E-state index contributed by atoms with van der Waals surface area (Å²) in [5.74, 6) is 0.223. The van der Waals surface area contributed by atoms with Gasteiger partial charge in [-0.15, -0.1) is 0 Å². The van der Waals surface area contributed by atoms with Crippen LogP contribution in [-0.2, 0) is 9.53 Å². The molecule has 3 heterocycles. The van der Waals surface area contributed by atoms with E-state index in [-0.39, 0.29) is 11.2 Å². The molecule has 1 amide bonds. The standard InChI is InChI=1S/C17H20N2O3S/c1-11-2-3-14-13(10-11)18-17(22-14)23-15-4-7-19(16(15)20)12-5-8-21-9-6-12/h2-3,10,12,15H,4-9H2,1H3/t15-/m1/s1. The lowest BCUT2D eigenvalue weighted by Crippen LogP contribution is -2.41. The number of amides is 1. The molecule has 122 valence electrons. The molecule has 1 atom stereocenters. The summed E-state index contributed by atoms with van der Waals surface area (Å²) in [6, 6.07) is 6.30. The number of hydrogen-bond donors (Lipinski definition) is 0. The van der Waals surface area contributed by atoms with Crippen molar-refractivity contribution in [2.24, 2.45) is 0 Å². The summed E-state index contributed by atoms with van der Waals surface area (Å²) in [5, 5.41) is 0.518. The number of carbonyl (C=O) groups is 1. The number of benzene rings is 1. The number of nitrogens with zero attached hydrogens (tertiary/aromatic N) is 2. The van der Waals surface area contributed by atoms with Gasteiger partial charge in [0.25, 0.3) is 5.22 Å². The topological polar surface area (TPSA) is 55.6 Å². The molecule has 5 nitrogen and oxygen atoms in total. The number of fused-ring (bicyclic) bond motifs is 1. The van der Waals surface area contributed by atoms with Gasteiger partial charge in [0.2, 0.25) is 5.91 Å². The van der Waals surface area contributed by atoms with Crippen molar-refractivity contribution in [1.82, 2.24) is 9.88 Å². The SMILES string of the molecule is Cc1ccc2oc(S[C@@H]3CCN(C4CCOCC4)C3=O)nc2c1.